The molecule has 5 fully saturated rings. The maximum atomic E-state index is 12.8. The maximum absolute atomic E-state index is 12.8. The first-order chi connectivity index (χ1) is 16.4. The number of alkyl halides is 3. The van der Waals surface area contributed by atoms with Gasteiger partial charge in [-0.2, -0.15) is 4.31 Å². The Morgan fingerprint density at radius 3 is 2.34 bits per heavy atom. The predicted octanol–water partition coefficient (Wildman–Crippen LogP) is 2.51. The molecule has 3 heterocycles. The fraction of sp³-hybridized carbons (Fsp3) is 0.636. The molecule has 0 atom stereocenters. The summed E-state index contributed by atoms with van der Waals surface area (Å²) >= 11 is 0. The number of sulfonamides is 1. The number of nitrogens with zero attached hydrogens (tertiary/aromatic N) is 5. The van der Waals surface area contributed by atoms with Crippen LogP contribution < -0.4 is 10.5 Å². The Morgan fingerprint density at radius 2 is 1.77 bits per heavy atom. The molecule has 190 valence electrons. The molecule has 7 rings (SSSR count). The Bertz CT molecular complexity index is 1260. The number of imidazole rings is 1. The largest absolute Gasteiger partial charge is 0.573 e. The van der Waals surface area contributed by atoms with Crippen LogP contribution >= 0.6 is 0 Å². The van der Waals surface area contributed by atoms with Crippen molar-refractivity contribution in [2.24, 2.45) is 0 Å². The number of halogens is 3. The van der Waals surface area contributed by atoms with Crippen molar-refractivity contribution >= 4 is 15.8 Å². The Labute approximate surface area is 201 Å². The van der Waals surface area contributed by atoms with Gasteiger partial charge in [0, 0.05) is 55.6 Å². The van der Waals surface area contributed by atoms with Gasteiger partial charge in [-0.3, -0.25) is 4.90 Å². The van der Waals surface area contributed by atoms with Gasteiger partial charge in [-0.25, -0.2) is 18.4 Å². The number of nitrogen functional groups attached to an aromatic ring is 1. The summed E-state index contributed by atoms with van der Waals surface area (Å²) in [5.41, 5.74) is 6.64. The van der Waals surface area contributed by atoms with Gasteiger partial charge in [0.2, 0.25) is 10.0 Å². The second-order valence-corrected chi connectivity index (χ2v) is 12.4. The Balaban J connectivity index is 1.22. The summed E-state index contributed by atoms with van der Waals surface area (Å²) in [7, 11) is -3.16. The van der Waals surface area contributed by atoms with Crippen LogP contribution in [0.15, 0.2) is 18.5 Å². The zero-order valence-corrected chi connectivity index (χ0v) is 20.1. The zero-order valence-electron chi connectivity index (χ0n) is 19.3. The molecule has 2 aromatic rings. The third-order valence-corrected chi connectivity index (χ3v) is 9.25. The van der Waals surface area contributed by atoms with E-state index in [9.17, 15) is 21.6 Å². The van der Waals surface area contributed by atoms with Crippen LogP contribution in [0.2, 0.25) is 0 Å². The van der Waals surface area contributed by atoms with Crippen LogP contribution in [0.25, 0.3) is 11.3 Å². The normalized spacial score (nSPS) is 29.5. The molecule has 1 saturated heterocycles. The molecule has 5 aliphatic rings. The molecule has 13 heteroatoms. The van der Waals surface area contributed by atoms with Crippen molar-refractivity contribution in [2.45, 2.75) is 55.5 Å². The lowest BCUT2D eigenvalue weighted by Gasteiger charge is -2.75. The first kappa shape index (κ1) is 23.0. The SMILES string of the molecule is CS(=O)(=O)N1CCN(C23CC(n4cc(-c5cnc(N)c(OC(F)(F)F)c5)nc4C4CC4)(C2)C3)CC1. The molecule has 4 aliphatic carbocycles. The molecule has 0 amide bonds. The van der Waals surface area contributed by atoms with Gasteiger partial charge < -0.3 is 15.0 Å². The lowest BCUT2D eigenvalue weighted by Crippen LogP contribution is -2.80. The van der Waals surface area contributed by atoms with Crippen molar-refractivity contribution in [1.82, 2.24) is 23.7 Å². The maximum Gasteiger partial charge on any atom is 0.573 e. The van der Waals surface area contributed by atoms with Gasteiger partial charge in [0.15, 0.2) is 11.6 Å². The van der Waals surface area contributed by atoms with Gasteiger partial charge in [0.05, 0.1) is 17.5 Å². The second kappa shape index (κ2) is 7.32. The van der Waals surface area contributed by atoms with E-state index in [1.165, 1.54) is 22.8 Å². The highest BCUT2D eigenvalue weighted by Gasteiger charge is 2.71. The molecule has 0 unspecified atom stereocenters. The van der Waals surface area contributed by atoms with Crippen LogP contribution in [0.1, 0.15) is 43.8 Å². The van der Waals surface area contributed by atoms with Crippen LogP contribution in [-0.4, -0.2) is 76.5 Å². The molecule has 4 saturated carbocycles. The van der Waals surface area contributed by atoms with Gasteiger partial charge in [-0.1, -0.05) is 0 Å². The number of rotatable bonds is 6. The van der Waals surface area contributed by atoms with E-state index in [1.807, 2.05) is 6.20 Å². The highest BCUT2D eigenvalue weighted by atomic mass is 32.2. The van der Waals surface area contributed by atoms with E-state index < -0.39 is 22.1 Å². The summed E-state index contributed by atoms with van der Waals surface area (Å²) in [6.07, 6.45) is 4.75. The molecule has 2 N–H and O–H groups in total. The molecule has 1 aliphatic heterocycles. The number of anilines is 1. The van der Waals surface area contributed by atoms with Gasteiger partial charge in [-0.15, -0.1) is 13.2 Å². The van der Waals surface area contributed by atoms with E-state index in [4.69, 9.17) is 10.7 Å². The quantitative estimate of drug-likeness (QED) is 0.634. The molecular weight excluding hydrogens is 485 g/mol. The minimum absolute atomic E-state index is 0.0380. The minimum atomic E-state index is -4.86. The van der Waals surface area contributed by atoms with Crippen molar-refractivity contribution in [3.05, 3.63) is 24.3 Å². The monoisotopic (exact) mass is 512 g/mol. The van der Waals surface area contributed by atoms with E-state index in [1.54, 1.807) is 0 Å². The van der Waals surface area contributed by atoms with Crippen LogP contribution in [0.4, 0.5) is 19.0 Å². The average molecular weight is 513 g/mol. The zero-order chi connectivity index (χ0) is 24.8. The summed E-state index contributed by atoms with van der Waals surface area (Å²) in [5.74, 6) is 0.477. The highest BCUT2D eigenvalue weighted by molar-refractivity contribution is 7.88. The fourth-order valence-electron chi connectivity index (χ4n) is 6.11. The molecule has 0 spiro atoms. The number of aromatic nitrogens is 3. The van der Waals surface area contributed by atoms with Crippen molar-refractivity contribution in [3.63, 3.8) is 0 Å². The van der Waals surface area contributed by atoms with Gasteiger partial charge in [0.1, 0.15) is 5.82 Å². The number of ether oxygens (including phenoxy) is 1. The number of nitrogens with two attached hydrogens (primary N) is 1. The smallest absolute Gasteiger partial charge is 0.402 e. The number of hydrogen-bond donors (Lipinski definition) is 1. The summed E-state index contributed by atoms with van der Waals surface area (Å²) in [4.78, 5) is 11.1. The van der Waals surface area contributed by atoms with Crippen LogP contribution in [-0.2, 0) is 15.6 Å². The molecule has 35 heavy (non-hydrogen) atoms. The number of piperazine rings is 1. The van der Waals surface area contributed by atoms with Crippen LogP contribution in [0, 0.1) is 0 Å². The van der Waals surface area contributed by atoms with Crippen molar-refractivity contribution < 1.29 is 26.3 Å². The molecule has 0 aromatic carbocycles. The molecule has 0 radical (unpaired) electrons. The summed E-state index contributed by atoms with van der Waals surface area (Å²) in [6.45, 7) is 2.49. The van der Waals surface area contributed by atoms with Crippen molar-refractivity contribution in [1.29, 1.82) is 0 Å². The van der Waals surface area contributed by atoms with E-state index in [-0.39, 0.29) is 16.9 Å². The standard InChI is InChI=1S/C22H27F3N6O3S/c1-35(32,33)30-6-4-29(5-7-30)20-11-21(12-20,13-20)31-10-16(28-19(31)14-2-3-14)15-8-17(18(26)27-9-15)34-22(23,24)25/h8-10,14H,2-7,11-13H2,1H3,(H2,26,27). The van der Waals surface area contributed by atoms with E-state index in [0.29, 0.717) is 30.3 Å². The Hall–Kier alpha value is -2.38. The fourth-order valence-corrected chi connectivity index (χ4v) is 6.94. The Morgan fingerprint density at radius 1 is 1.11 bits per heavy atom. The lowest BCUT2D eigenvalue weighted by molar-refractivity contribution is -0.274. The minimum Gasteiger partial charge on any atom is -0.402 e. The predicted molar refractivity (Wildman–Crippen MR) is 121 cm³/mol. The molecule has 9 nitrogen and oxygen atoms in total. The number of hydrogen-bond acceptors (Lipinski definition) is 7. The molecule has 2 bridgehead atoms. The third kappa shape index (κ3) is 3.87. The number of pyridine rings is 1. The second-order valence-electron chi connectivity index (χ2n) is 10.4. The van der Waals surface area contributed by atoms with Gasteiger partial charge in [-0.05, 0) is 38.2 Å². The summed E-state index contributed by atoms with van der Waals surface area (Å²) < 4.78 is 69.8. The van der Waals surface area contributed by atoms with Crippen molar-refractivity contribution in [3.8, 4) is 17.0 Å². The first-order valence-corrected chi connectivity index (χ1v) is 13.5. The van der Waals surface area contributed by atoms with Crippen LogP contribution in [0.3, 0.4) is 0 Å². The van der Waals surface area contributed by atoms with Gasteiger partial charge >= 0.3 is 6.36 Å². The average Bonchev–Trinajstić information content (AvgIpc) is 3.46. The van der Waals surface area contributed by atoms with E-state index in [2.05, 4.69) is 19.2 Å². The summed E-state index contributed by atoms with van der Waals surface area (Å²) in [6, 6.07) is 1.24. The van der Waals surface area contributed by atoms with E-state index in [0.717, 1.165) is 51.0 Å². The first-order valence-electron chi connectivity index (χ1n) is 11.7. The topological polar surface area (TPSA) is 107 Å². The molecular formula is C22H27F3N6O3S. The highest BCUT2D eigenvalue weighted by Crippen LogP contribution is 2.69. The summed E-state index contributed by atoms with van der Waals surface area (Å²) in [5, 5.41) is 0. The van der Waals surface area contributed by atoms with Gasteiger partial charge in [0.25, 0.3) is 0 Å². The lowest BCUT2D eigenvalue weighted by atomic mass is 9.43. The molecule has 2 aromatic heterocycles. The third-order valence-electron chi connectivity index (χ3n) is 7.94. The Kier molecular flexibility index (Phi) is 4.82. The van der Waals surface area contributed by atoms with E-state index >= 15 is 0 Å². The van der Waals surface area contributed by atoms with Crippen LogP contribution in [0.5, 0.6) is 5.75 Å². The van der Waals surface area contributed by atoms with Crippen molar-refractivity contribution in [2.75, 3.05) is 38.2 Å².